The van der Waals surface area contributed by atoms with Crippen molar-refractivity contribution in [2.45, 2.75) is 97.8 Å². The molecule has 3 heterocycles. The molecule has 0 aliphatic heterocycles. The van der Waals surface area contributed by atoms with Gasteiger partial charge in [-0.15, -0.1) is 34.0 Å². The van der Waals surface area contributed by atoms with Crippen LogP contribution in [0, 0.1) is 18.8 Å². The number of aromatic nitrogens is 3. The second kappa shape index (κ2) is 11.0. The highest BCUT2D eigenvalue weighted by Gasteiger charge is 2.31. The lowest BCUT2D eigenvalue weighted by Crippen LogP contribution is -2.16. The van der Waals surface area contributed by atoms with Crippen molar-refractivity contribution >= 4 is 60.6 Å². The third-order valence-corrected chi connectivity index (χ3v) is 10.9. The molecule has 3 aromatic heterocycles. The zero-order valence-electron chi connectivity index (χ0n) is 24.1. The molecular weight excluding hydrogens is 541 g/mol. The van der Waals surface area contributed by atoms with Gasteiger partial charge in [-0.3, -0.25) is 0 Å². The van der Waals surface area contributed by atoms with Gasteiger partial charge in [0.2, 0.25) is 0 Å². The van der Waals surface area contributed by atoms with Gasteiger partial charge < -0.3 is 17.2 Å². The average Bonchev–Trinajstić information content (AvgIpc) is 3.64. The van der Waals surface area contributed by atoms with Crippen LogP contribution in [0.3, 0.4) is 0 Å². The van der Waals surface area contributed by atoms with Crippen molar-refractivity contribution in [1.29, 1.82) is 0 Å². The van der Waals surface area contributed by atoms with E-state index in [9.17, 15) is 0 Å². The Morgan fingerprint density at radius 3 is 2.33 bits per heavy atom. The molecule has 6 N–H and O–H groups in total. The maximum atomic E-state index is 6.33. The Bertz CT molecular complexity index is 1420. The molecule has 39 heavy (non-hydrogen) atoms. The van der Waals surface area contributed by atoms with Crippen LogP contribution in [0.1, 0.15) is 111 Å². The maximum absolute atomic E-state index is 6.33. The number of allylic oxidation sites excluding steroid dienone is 4. The molecule has 0 saturated heterocycles. The molecule has 5 rings (SSSR count). The van der Waals surface area contributed by atoms with Gasteiger partial charge in [0.15, 0.2) is 15.4 Å². The fraction of sp³-hybridized carbons (Fsp3) is 0.567. The molecule has 0 radical (unpaired) electrons. The number of nitrogens with two attached hydrogens (primary N) is 3. The number of nitrogens with zero attached hydrogens (tertiary/aromatic N) is 3. The van der Waals surface area contributed by atoms with E-state index in [1.54, 1.807) is 34.0 Å². The summed E-state index contributed by atoms with van der Waals surface area (Å²) in [5, 5.41) is 2.00. The van der Waals surface area contributed by atoms with E-state index in [2.05, 4.69) is 52.6 Å². The molecule has 3 atom stereocenters. The fourth-order valence-corrected chi connectivity index (χ4v) is 9.34. The number of anilines is 3. The largest absolute Gasteiger partial charge is 0.375 e. The Labute approximate surface area is 244 Å². The average molecular weight is 583 g/mol. The van der Waals surface area contributed by atoms with Gasteiger partial charge in [-0.25, -0.2) is 15.0 Å². The predicted molar refractivity (Wildman–Crippen MR) is 170 cm³/mol. The SMILES string of the molecule is Cc1sc(N)nc1C1=C(C(C)c2sc(N)nc2C2=CCC(CC(C)Cc3sc(N)nc3C(C)(C)C)C2)CCC1. The summed E-state index contributed by atoms with van der Waals surface area (Å²) in [5.41, 5.74) is 26.1. The quantitative estimate of drug-likeness (QED) is 0.246. The number of aryl methyl sites for hydroxylation is 1. The Kier molecular flexibility index (Phi) is 7.97. The van der Waals surface area contributed by atoms with E-state index in [-0.39, 0.29) is 11.3 Å². The predicted octanol–water partition coefficient (Wildman–Crippen LogP) is 8.21. The molecule has 0 spiro atoms. The normalized spacial score (nSPS) is 19.6. The van der Waals surface area contributed by atoms with Gasteiger partial charge in [-0.1, -0.05) is 46.3 Å². The Balaban J connectivity index is 1.30. The summed E-state index contributed by atoms with van der Waals surface area (Å²) < 4.78 is 0. The molecular formula is C30H42N6S3. The molecule has 0 bridgehead atoms. The number of hydrogen-bond donors (Lipinski definition) is 3. The van der Waals surface area contributed by atoms with E-state index in [1.165, 1.54) is 44.2 Å². The lowest BCUT2D eigenvalue weighted by Gasteiger charge is -2.21. The molecule has 0 fully saturated rings. The summed E-state index contributed by atoms with van der Waals surface area (Å²) in [6, 6.07) is 0. The topological polar surface area (TPSA) is 117 Å². The lowest BCUT2D eigenvalue weighted by molar-refractivity contribution is 0.405. The minimum atomic E-state index is 0.0162. The zero-order valence-corrected chi connectivity index (χ0v) is 26.5. The summed E-state index contributed by atoms with van der Waals surface area (Å²) in [5.74, 6) is 1.48. The highest BCUT2D eigenvalue weighted by Crippen LogP contribution is 2.48. The summed E-state index contributed by atoms with van der Waals surface area (Å²) in [6.07, 6.45) is 10.2. The Morgan fingerprint density at radius 2 is 1.64 bits per heavy atom. The fourth-order valence-electron chi connectivity index (χ4n) is 6.47. The van der Waals surface area contributed by atoms with Gasteiger partial charge in [0.25, 0.3) is 0 Å². The Hall–Kier alpha value is -2.23. The maximum Gasteiger partial charge on any atom is 0.180 e. The smallest absolute Gasteiger partial charge is 0.180 e. The van der Waals surface area contributed by atoms with E-state index in [0.717, 1.165) is 49.2 Å². The minimum Gasteiger partial charge on any atom is -0.375 e. The van der Waals surface area contributed by atoms with Crippen molar-refractivity contribution in [1.82, 2.24) is 15.0 Å². The molecule has 9 heteroatoms. The molecule has 6 nitrogen and oxygen atoms in total. The summed E-state index contributed by atoms with van der Waals surface area (Å²) in [6.45, 7) is 13.5. The van der Waals surface area contributed by atoms with Crippen LogP contribution in [0.4, 0.5) is 15.4 Å². The van der Waals surface area contributed by atoms with Crippen LogP contribution in [-0.4, -0.2) is 15.0 Å². The van der Waals surface area contributed by atoms with Crippen LogP contribution in [0.25, 0.3) is 11.1 Å². The van der Waals surface area contributed by atoms with Gasteiger partial charge >= 0.3 is 0 Å². The van der Waals surface area contributed by atoms with E-state index in [0.29, 0.717) is 27.2 Å². The summed E-state index contributed by atoms with van der Waals surface area (Å²) >= 11 is 4.91. The second-order valence-electron chi connectivity index (χ2n) is 12.5. The Morgan fingerprint density at radius 1 is 0.949 bits per heavy atom. The van der Waals surface area contributed by atoms with Crippen molar-refractivity contribution < 1.29 is 0 Å². The van der Waals surface area contributed by atoms with Crippen LogP contribution in [-0.2, 0) is 11.8 Å². The highest BCUT2D eigenvalue weighted by molar-refractivity contribution is 7.16. The van der Waals surface area contributed by atoms with Crippen molar-refractivity contribution in [3.8, 4) is 0 Å². The van der Waals surface area contributed by atoms with Crippen LogP contribution in [0.15, 0.2) is 11.6 Å². The first-order valence-electron chi connectivity index (χ1n) is 14.1. The molecule has 2 aliphatic carbocycles. The van der Waals surface area contributed by atoms with Crippen molar-refractivity contribution in [2.75, 3.05) is 17.2 Å². The summed E-state index contributed by atoms with van der Waals surface area (Å²) in [7, 11) is 0. The van der Waals surface area contributed by atoms with Gasteiger partial charge in [0.1, 0.15) is 0 Å². The first-order chi connectivity index (χ1) is 18.4. The molecule has 0 saturated carbocycles. The number of thiazole rings is 3. The van der Waals surface area contributed by atoms with Crippen LogP contribution >= 0.6 is 34.0 Å². The van der Waals surface area contributed by atoms with Crippen molar-refractivity contribution in [3.63, 3.8) is 0 Å². The van der Waals surface area contributed by atoms with E-state index in [4.69, 9.17) is 27.2 Å². The van der Waals surface area contributed by atoms with Gasteiger partial charge in [-0.2, -0.15) is 0 Å². The van der Waals surface area contributed by atoms with Gasteiger partial charge in [0, 0.05) is 26.0 Å². The third kappa shape index (κ3) is 5.95. The van der Waals surface area contributed by atoms with Crippen LogP contribution in [0.5, 0.6) is 0 Å². The van der Waals surface area contributed by atoms with Crippen LogP contribution < -0.4 is 17.2 Å². The van der Waals surface area contributed by atoms with Crippen LogP contribution in [0.2, 0.25) is 0 Å². The second-order valence-corrected chi connectivity index (χ2v) is 15.9. The number of nitrogen functional groups attached to an aromatic ring is 3. The molecule has 2 aliphatic rings. The minimum absolute atomic E-state index is 0.0162. The molecule has 210 valence electrons. The highest BCUT2D eigenvalue weighted by atomic mass is 32.1. The first kappa shape index (κ1) is 28.3. The monoisotopic (exact) mass is 582 g/mol. The standard InChI is InChI=1S/C30H42N6S3/c1-15(13-22-26(30(4,5)6)36-29(33)38-22)12-18-10-11-19(14-18)24-25(39-28(32)35-24)16(2)20-8-7-9-21(20)23-17(3)37-27(31)34-23/h11,15-16,18H,7-10,12-14H2,1-6H3,(H2,31,34)(H2,32,35)(H2,33,36). The molecule has 0 aromatic carbocycles. The number of rotatable bonds is 8. The van der Waals surface area contributed by atoms with E-state index < -0.39 is 0 Å². The number of hydrogen-bond acceptors (Lipinski definition) is 9. The third-order valence-electron chi connectivity index (χ3n) is 8.15. The van der Waals surface area contributed by atoms with E-state index in [1.807, 2.05) is 0 Å². The summed E-state index contributed by atoms with van der Waals surface area (Å²) in [4.78, 5) is 18.1. The van der Waals surface area contributed by atoms with Crippen molar-refractivity contribution in [2.24, 2.45) is 11.8 Å². The van der Waals surface area contributed by atoms with Crippen molar-refractivity contribution in [3.05, 3.63) is 43.4 Å². The lowest BCUT2D eigenvalue weighted by atomic mass is 9.86. The first-order valence-corrected chi connectivity index (χ1v) is 16.5. The molecule has 0 amide bonds. The molecule has 3 aromatic rings. The van der Waals surface area contributed by atoms with E-state index >= 15 is 0 Å². The zero-order chi connectivity index (χ0) is 28.1. The molecule has 3 unspecified atom stereocenters. The van der Waals surface area contributed by atoms with Gasteiger partial charge in [-0.05, 0) is 74.9 Å². The van der Waals surface area contributed by atoms with Gasteiger partial charge in [0.05, 0.1) is 17.1 Å².